The number of benzene rings is 1. The van der Waals surface area contributed by atoms with Crippen molar-refractivity contribution in [2.45, 2.75) is 33.2 Å². The first-order valence-corrected chi connectivity index (χ1v) is 7.46. The molecule has 1 fully saturated rings. The van der Waals surface area contributed by atoms with Crippen LogP contribution in [0.5, 0.6) is 0 Å². The second kappa shape index (κ2) is 6.43. The predicted octanol–water partition coefficient (Wildman–Crippen LogP) is 2.71. The molecule has 3 unspecified atom stereocenters. The first kappa shape index (κ1) is 15.8. The zero-order chi connectivity index (χ0) is 15.6. The minimum Gasteiger partial charge on any atom is -0.399 e. The van der Waals surface area contributed by atoms with Crippen LogP contribution >= 0.6 is 0 Å². The summed E-state index contributed by atoms with van der Waals surface area (Å²) in [6.07, 6.45) is 1.19. The van der Waals surface area contributed by atoms with E-state index in [2.05, 4.69) is 24.1 Å². The molecule has 0 aromatic heterocycles. The van der Waals surface area contributed by atoms with Gasteiger partial charge in [-0.15, -0.1) is 0 Å². The normalized spacial score (nSPS) is 24.6. The zero-order valence-corrected chi connectivity index (χ0v) is 12.9. The van der Waals surface area contributed by atoms with E-state index < -0.39 is 5.82 Å². The molecular formula is C16H24FN3O. The third kappa shape index (κ3) is 3.94. The molecule has 1 heterocycles. The van der Waals surface area contributed by atoms with Crippen LogP contribution in [0, 0.1) is 17.7 Å². The monoisotopic (exact) mass is 293 g/mol. The molecule has 1 aromatic rings. The number of likely N-dealkylation sites (tertiary alicyclic amines) is 1. The molecule has 116 valence electrons. The van der Waals surface area contributed by atoms with Gasteiger partial charge in [0.25, 0.3) is 0 Å². The van der Waals surface area contributed by atoms with Crippen molar-refractivity contribution in [1.29, 1.82) is 0 Å². The number of rotatable bonds is 3. The standard InChI is InChI=1S/C16H24FN3O/c1-10-6-11(2)9-20(8-10)12(3)16(21)19-15-7-13(18)4-5-14(15)17/h4-5,7,10-12H,6,8-9,18H2,1-3H3,(H,19,21). The van der Waals surface area contributed by atoms with E-state index in [1.165, 1.54) is 24.6 Å². The van der Waals surface area contributed by atoms with E-state index in [4.69, 9.17) is 5.73 Å². The molecule has 2 rings (SSSR count). The predicted molar refractivity (Wildman–Crippen MR) is 83.4 cm³/mol. The quantitative estimate of drug-likeness (QED) is 0.842. The number of piperidine rings is 1. The van der Waals surface area contributed by atoms with E-state index in [-0.39, 0.29) is 17.6 Å². The summed E-state index contributed by atoms with van der Waals surface area (Å²) in [7, 11) is 0. The highest BCUT2D eigenvalue weighted by atomic mass is 19.1. The van der Waals surface area contributed by atoms with Gasteiger partial charge in [-0.25, -0.2) is 4.39 Å². The van der Waals surface area contributed by atoms with Gasteiger partial charge in [0.2, 0.25) is 5.91 Å². The van der Waals surface area contributed by atoms with E-state index in [1.807, 2.05) is 6.92 Å². The van der Waals surface area contributed by atoms with E-state index in [9.17, 15) is 9.18 Å². The Morgan fingerprint density at radius 3 is 2.62 bits per heavy atom. The molecule has 0 aliphatic carbocycles. The molecule has 1 amide bonds. The summed E-state index contributed by atoms with van der Waals surface area (Å²) < 4.78 is 13.7. The lowest BCUT2D eigenvalue weighted by Gasteiger charge is -2.38. The summed E-state index contributed by atoms with van der Waals surface area (Å²) in [6.45, 7) is 8.07. The van der Waals surface area contributed by atoms with Crippen LogP contribution in [0.25, 0.3) is 0 Å². The first-order valence-electron chi connectivity index (χ1n) is 7.46. The van der Waals surface area contributed by atoms with Crippen LogP contribution in [0.4, 0.5) is 15.8 Å². The summed E-state index contributed by atoms with van der Waals surface area (Å²) in [6, 6.07) is 3.90. The lowest BCUT2D eigenvalue weighted by atomic mass is 9.91. The molecule has 1 aromatic carbocycles. The number of carbonyl (C=O) groups is 1. The number of anilines is 2. The molecule has 1 aliphatic heterocycles. The van der Waals surface area contributed by atoms with Crippen molar-refractivity contribution in [3.05, 3.63) is 24.0 Å². The number of hydrogen-bond donors (Lipinski definition) is 2. The zero-order valence-electron chi connectivity index (χ0n) is 12.9. The number of carbonyl (C=O) groups excluding carboxylic acids is 1. The summed E-state index contributed by atoms with van der Waals surface area (Å²) in [5.41, 5.74) is 6.20. The Kier molecular flexibility index (Phi) is 4.83. The van der Waals surface area contributed by atoms with Gasteiger partial charge in [0.05, 0.1) is 11.7 Å². The highest BCUT2D eigenvalue weighted by Gasteiger charge is 2.29. The average Bonchev–Trinajstić information content (AvgIpc) is 2.41. The maximum Gasteiger partial charge on any atom is 0.241 e. The van der Waals surface area contributed by atoms with E-state index in [1.54, 1.807) is 0 Å². The SMILES string of the molecule is CC1CC(C)CN(C(C)C(=O)Nc2cc(N)ccc2F)C1. The van der Waals surface area contributed by atoms with Crippen LogP contribution in [-0.4, -0.2) is 29.9 Å². The Bertz CT molecular complexity index is 510. The topological polar surface area (TPSA) is 58.4 Å². The smallest absolute Gasteiger partial charge is 0.241 e. The van der Waals surface area contributed by atoms with Gasteiger partial charge >= 0.3 is 0 Å². The number of hydrogen-bond acceptors (Lipinski definition) is 3. The van der Waals surface area contributed by atoms with Gasteiger partial charge in [0.1, 0.15) is 5.82 Å². The Balaban J connectivity index is 2.04. The van der Waals surface area contributed by atoms with Crippen LogP contribution in [0.15, 0.2) is 18.2 Å². The summed E-state index contributed by atoms with van der Waals surface area (Å²) in [4.78, 5) is 14.5. The fraction of sp³-hybridized carbons (Fsp3) is 0.562. The molecule has 1 saturated heterocycles. The van der Waals surface area contributed by atoms with Crippen molar-refractivity contribution >= 4 is 17.3 Å². The van der Waals surface area contributed by atoms with Gasteiger partial charge in [-0.1, -0.05) is 13.8 Å². The Labute approximate surface area is 125 Å². The molecule has 0 radical (unpaired) electrons. The van der Waals surface area contributed by atoms with Gasteiger partial charge in [-0.05, 0) is 43.4 Å². The summed E-state index contributed by atoms with van der Waals surface area (Å²) >= 11 is 0. The van der Waals surface area contributed by atoms with E-state index in [0.29, 0.717) is 17.5 Å². The van der Waals surface area contributed by atoms with Gasteiger partial charge in [-0.2, -0.15) is 0 Å². The van der Waals surface area contributed by atoms with Gasteiger partial charge in [0.15, 0.2) is 0 Å². The summed E-state index contributed by atoms with van der Waals surface area (Å²) in [5.74, 6) is 0.493. The average molecular weight is 293 g/mol. The van der Waals surface area contributed by atoms with E-state index >= 15 is 0 Å². The highest BCUT2D eigenvalue weighted by molar-refractivity contribution is 5.95. The van der Waals surface area contributed by atoms with Crippen LogP contribution in [0.2, 0.25) is 0 Å². The van der Waals surface area contributed by atoms with Crippen molar-refractivity contribution in [2.75, 3.05) is 24.1 Å². The van der Waals surface area contributed by atoms with Crippen LogP contribution in [-0.2, 0) is 4.79 Å². The van der Waals surface area contributed by atoms with Crippen molar-refractivity contribution in [3.8, 4) is 0 Å². The molecule has 3 N–H and O–H groups in total. The van der Waals surface area contributed by atoms with Gasteiger partial charge < -0.3 is 11.1 Å². The minimum absolute atomic E-state index is 0.143. The second-order valence-electron chi connectivity index (χ2n) is 6.30. The molecule has 21 heavy (non-hydrogen) atoms. The highest BCUT2D eigenvalue weighted by Crippen LogP contribution is 2.23. The number of nitrogen functional groups attached to an aromatic ring is 1. The van der Waals surface area contributed by atoms with Gasteiger partial charge in [0, 0.05) is 18.8 Å². The molecule has 0 spiro atoms. The Morgan fingerprint density at radius 1 is 1.38 bits per heavy atom. The number of halogens is 1. The Hall–Kier alpha value is -1.62. The number of nitrogens with two attached hydrogens (primary N) is 1. The second-order valence-corrected chi connectivity index (χ2v) is 6.30. The van der Waals surface area contributed by atoms with Crippen LogP contribution in [0.1, 0.15) is 27.2 Å². The largest absolute Gasteiger partial charge is 0.399 e. The molecule has 5 heteroatoms. The fourth-order valence-corrected chi connectivity index (χ4v) is 3.07. The first-order chi connectivity index (χ1) is 9.86. The van der Waals surface area contributed by atoms with Crippen molar-refractivity contribution in [3.63, 3.8) is 0 Å². The molecular weight excluding hydrogens is 269 g/mol. The number of nitrogens with zero attached hydrogens (tertiary/aromatic N) is 1. The maximum absolute atomic E-state index is 13.7. The third-order valence-corrected chi connectivity index (χ3v) is 4.07. The number of amides is 1. The van der Waals surface area contributed by atoms with Crippen LogP contribution < -0.4 is 11.1 Å². The maximum atomic E-state index is 13.7. The van der Waals surface area contributed by atoms with Crippen molar-refractivity contribution in [2.24, 2.45) is 11.8 Å². The van der Waals surface area contributed by atoms with Crippen molar-refractivity contribution < 1.29 is 9.18 Å². The molecule has 3 atom stereocenters. The third-order valence-electron chi connectivity index (χ3n) is 4.07. The number of nitrogens with one attached hydrogen (secondary N) is 1. The molecule has 0 saturated carbocycles. The lowest BCUT2D eigenvalue weighted by molar-refractivity contribution is -0.121. The van der Waals surface area contributed by atoms with Crippen LogP contribution in [0.3, 0.4) is 0 Å². The molecule has 1 aliphatic rings. The molecule has 4 nitrogen and oxygen atoms in total. The summed E-state index contributed by atoms with van der Waals surface area (Å²) in [5, 5.41) is 2.64. The molecule has 0 bridgehead atoms. The van der Waals surface area contributed by atoms with E-state index in [0.717, 1.165) is 13.1 Å². The minimum atomic E-state index is -0.467. The van der Waals surface area contributed by atoms with Gasteiger partial charge in [-0.3, -0.25) is 9.69 Å². The lowest BCUT2D eigenvalue weighted by Crippen LogP contribution is -2.48. The fourth-order valence-electron chi connectivity index (χ4n) is 3.07. The van der Waals surface area contributed by atoms with Crippen molar-refractivity contribution in [1.82, 2.24) is 4.90 Å². The Morgan fingerprint density at radius 2 is 2.00 bits per heavy atom.